The molecular formula is C17H29N3O2. The Morgan fingerprint density at radius 1 is 1.41 bits per heavy atom. The Morgan fingerprint density at radius 2 is 2.09 bits per heavy atom. The summed E-state index contributed by atoms with van der Waals surface area (Å²) in [7, 11) is 0. The highest BCUT2D eigenvalue weighted by Crippen LogP contribution is 2.43. The fraction of sp³-hybridized carbons (Fsp3) is 0.765. The normalized spacial score (nSPS) is 27.6. The third kappa shape index (κ3) is 3.69. The highest BCUT2D eigenvalue weighted by atomic mass is 16.3. The fourth-order valence-corrected chi connectivity index (χ4v) is 4.33. The first kappa shape index (κ1) is 17.0. The molecule has 2 atom stereocenters. The number of aryl methyl sites for hydroxylation is 2. The lowest BCUT2D eigenvalue weighted by atomic mass is 9.64. The van der Waals surface area contributed by atoms with Gasteiger partial charge >= 0.3 is 0 Å². The standard InChI is InChI=1S/C17H29N3O2/c1-11-7-16(4,5)9-17(8-11,10-21)18-15(22)6-14-12(2)19-20-13(14)3/h11,21H,6-10H2,1-5H3,(H,18,22)(H,19,20)/t11-,17-/m0/s1. The number of hydrogen-bond acceptors (Lipinski definition) is 3. The van der Waals surface area contributed by atoms with Crippen LogP contribution in [0.5, 0.6) is 0 Å². The molecule has 0 saturated heterocycles. The molecular weight excluding hydrogens is 278 g/mol. The zero-order valence-corrected chi connectivity index (χ0v) is 14.4. The van der Waals surface area contributed by atoms with Gasteiger partial charge in [0.1, 0.15) is 0 Å². The van der Waals surface area contributed by atoms with Gasteiger partial charge in [0.2, 0.25) is 5.91 Å². The van der Waals surface area contributed by atoms with Crippen molar-refractivity contribution >= 4 is 5.91 Å². The van der Waals surface area contributed by atoms with E-state index in [2.05, 4.69) is 36.3 Å². The van der Waals surface area contributed by atoms with Crippen molar-refractivity contribution in [1.29, 1.82) is 0 Å². The van der Waals surface area contributed by atoms with Gasteiger partial charge in [0.25, 0.3) is 0 Å². The summed E-state index contributed by atoms with van der Waals surface area (Å²) in [5, 5.41) is 20.1. The summed E-state index contributed by atoms with van der Waals surface area (Å²) in [6.45, 7) is 10.4. The number of aliphatic hydroxyl groups excluding tert-OH is 1. The van der Waals surface area contributed by atoms with E-state index in [4.69, 9.17) is 0 Å². The van der Waals surface area contributed by atoms with Gasteiger partial charge in [0.15, 0.2) is 0 Å². The SMILES string of the molecule is Cc1n[nH]c(C)c1CC(=O)N[C@@]1(CO)C[C@@H](C)CC(C)(C)C1. The van der Waals surface area contributed by atoms with Gasteiger partial charge in [-0.3, -0.25) is 9.89 Å². The Labute approximate surface area is 132 Å². The summed E-state index contributed by atoms with van der Waals surface area (Å²) in [5.41, 5.74) is 2.39. The third-order valence-electron chi connectivity index (χ3n) is 4.78. The quantitative estimate of drug-likeness (QED) is 0.798. The Hall–Kier alpha value is -1.36. The van der Waals surface area contributed by atoms with Crippen LogP contribution in [0.3, 0.4) is 0 Å². The molecule has 0 bridgehead atoms. The predicted molar refractivity (Wildman–Crippen MR) is 86.5 cm³/mol. The van der Waals surface area contributed by atoms with Gasteiger partial charge in [-0.05, 0) is 44.4 Å². The maximum atomic E-state index is 12.5. The number of H-pyrrole nitrogens is 1. The molecule has 0 aliphatic heterocycles. The van der Waals surface area contributed by atoms with Gasteiger partial charge < -0.3 is 10.4 Å². The molecule has 0 radical (unpaired) electrons. The van der Waals surface area contributed by atoms with Crippen molar-refractivity contribution in [2.75, 3.05) is 6.61 Å². The summed E-state index contributed by atoms with van der Waals surface area (Å²) >= 11 is 0. The van der Waals surface area contributed by atoms with E-state index in [1.807, 2.05) is 13.8 Å². The van der Waals surface area contributed by atoms with Crippen LogP contribution in [0.4, 0.5) is 0 Å². The molecule has 124 valence electrons. The predicted octanol–water partition coefficient (Wildman–Crippen LogP) is 2.26. The van der Waals surface area contributed by atoms with Crippen LogP contribution < -0.4 is 5.32 Å². The van der Waals surface area contributed by atoms with E-state index < -0.39 is 5.54 Å². The minimum absolute atomic E-state index is 0.00411. The minimum atomic E-state index is -0.496. The average Bonchev–Trinajstić information content (AvgIpc) is 2.68. The number of amides is 1. The van der Waals surface area contributed by atoms with Crippen molar-refractivity contribution in [2.45, 2.75) is 65.8 Å². The molecule has 0 unspecified atom stereocenters. The van der Waals surface area contributed by atoms with Gasteiger partial charge in [-0.1, -0.05) is 20.8 Å². The summed E-state index contributed by atoms with van der Waals surface area (Å²) in [6.07, 6.45) is 3.09. The van der Waals surface area contributed by atoms with Crippen LogP contribution in [0.1, 0.15) is 57.0 Å². The second-order valence-corrected chi connectivity index (χ2v) is 7.93. The minimum Gasteiger partial charge on any atom is -0.394 e. The maximum Gasteiger partial charge on any atom is 0.225 e. The Morgan fingerprint density at radius 3 is 2.59 bits per heavy atom. The maximum absolute atomic E-state index is 12.5. The average molecular weight is 307 g/mol. The smallest absolute Gasteiger partial charge is 0.225 e. The van der Waals surface area contributed by atoms with Gasteiger partial charge in [-0.2, -0.15) is 5.10 Å². The molecule has 3 N–H and O–H groups in total. The molecule has 1 heterocycles. The number of aliphatic hydroxyl groups is 1. The highest BCUT2D eigenvalue weighted by molar-refractivity contribution is 5.80. The molecule has 1 aliphatic carbocycles. The zero-order chi connectivity index (χ0) is 16.5. The topological polar surface area (TPSA) is 78.0 Å². The van der Waals surface area contributed by atoms with Crippen molar-refractivity contribution in [3.8, 4) is 0 Å². The van der Waals surface area contributed by atoms with Crippen LogP contribution in [0, 0.1) is 25.2 Å². The summed E-state index contributed by atoms with van der Waals surface area (Å²) in [5.74, 6) is 0.458. The molecule has 1 fully saturated rings. The Balaban J connectivity index is 2.11. The van der Waals surface area contributed by atoms with E-state index in [-0.39, 0.29) is 17.9 Å². The summed E-state index contributed by atoms with van der Waals surface area (Å²) < 4.78 is 0. The van der Waals surface area contributed by atoms with Gasteiger partial charge in [-0.15, -0.1) is 0 Å². The molecule has 1 saturated carbocycles. The molecule has 2 rings (SSSR count). The molecule has 1 amide bonds. The Kier molecular flexibility index (Phi) is 4.66. The monoisotopic (exact) mass is 307 g/mol. The first-order valence-electron chi connectivity index (χ1n) is 8.09. The number of aromatic nitrogens is 2. The lowest BCUT2D eigenvalue weighted by Crippen LogP contribution is -2.57. The van der Waals surface area contributed by atoms with Crippen LogP contribution in [0.25, 0.3) is 0 Å². The van der Waals surface area contributed by atoms with Crippen LogP contribution in [0.15, 0.2) is 0 Å². The third-order valence-corrected chi connectivity index (χ3v) is 4.78. The molecule has 1 aliphatic rings. The van der Waals surface area contributed by atoms with Crippen molar-refractivity contribution in [2.24, 2.45) is 11.3 Å². The number of carbonyl (C=O) groups is 1. The molecule has 5 nitrogen and oxygen atoms in total. The second-order valence-electron chi connectivity index (χ2n) is 7.93. The van der Waals surface area contributed by atoms with E-state index in [0.29, 0.717) is 12.3 Å². The number of hydrogen-bond donors (Lipinski definition) is 3. The van der Waals surface area contributed by atoms with Crippen LogP contribution in [-0.4, -0.2) is 33.4 Å². The van der Waals surface area contributed by atoms with E-state index in [1.165, 1.54) is 0 Å². The number of nitrogens with zero attached hydrogens (tertiary/aromatic N) is 1. The molecule has 5 heteroatoms. The van der Waals surface area contributed by atoms with E-state index in [0.717, 1.165) is 36.2 Å². The highest BCUT2D eigenvalue weighted by Gasteiger charge is 2.43. The van der Waals surface area contributed by atoms with Gasteiger partial charge in [0, 0.05) is 11.3 Å². The number of rotatable bonds is 4. The van der Waals surface area contributed by atoms with E-state index in [1.54, 1.807) is 0 Å². The number of nitrogens with one attached hydrogen (secondary N) is 2. The first-order chi connectivity index (χ1) is 10.2. The van der Waals surface area contributed by atoms with Crippen molar-refractivity contribution < 1.29 is 9.90 Å². The zero-order valence-electron chi connectivity index (χ0n) is 14.4. The number of carbonyl (C=O) groups excluding carboxylic acids is 1. The Bertz CT molecular complexity index is 531. The van der Waals surface area contributed by atoms with Crippen molar-refractivity contribution in [1.82, 2.24) is 15.5 Å². The summed E-state index contributed by atoms with van der Waals surface area (Å²) in [6, 6.07) is 0. The number of aromatic amines is 1. The van der Waals surface area contributed by atoms with E-state index >= 15 is 0 Å². The lowest BCUT2D eigenvalue weighted by molar-refractivity contribution is -0.124. The first-order valence-corrected chi connectivity index (χ1v) is 8.09. The molecule has 22 heavy (non-hydrogen) atoms. The second kappa shape index (κ2) is 6.03. The van der Waals surface area contributed by atoms with Crippen LogP contribution >= 0.6 is 0 Å². The molecule has 0 spiro atoms. The largest absolute Gasteiger partial charge is 0.394 e. The van der Waals surface area contributed by atoms with Gasteiger partial charge in [0.05, 0.1) is 24.3 Å². The van der Waals surface area contributed by atoms with Gasteiger partial charge in [-0.25, -0.2) is 0 Å². The van der Waals surface area contributed by atoms with Crippen LogP contribution in [-0.2, 0) is 11.2 Å². The fourth-order valence-electron chi connectivity index (χ4n) is 4.33. The molecule has 1 aromatic heterocycles. The molecule has 0 aromatic carbocycles. The van der Waals surface area contributed by atoms with Crippen molar-refractivity contribution in [3.63, 3.8) is 0 Å². The lowest BCUT2D eigenvalue weighted by Gasteiger charge is -2.47. The molecule has 1 aromatic rings. The van der Waals surface area contributed by atoms with E-state index in [9.17, 15) is 9.90 Å². The van der Waals surface area contributed by atoms with Crippen LogP contribution in [0.2, 0.25) is 0 Å². The van der Waals surface area contributed by atoms with Crippen molar-refractivity contribution in [3.05, 3.63) is 17.0 Å². The summed E-state index contributed by atoms with van der Waals surface area (Å²) in [4.78, 5) is 12.5.